The summed E-state index contributed by atoms with van der Waals surface area (Å²) in [5, 5.41) is 3.81. The van der Waals surface area contributed by atoms with E-state index in [2.05, 4.69) is 5.16 Å². The standard InChI is InChI=1S/C18H22N2O6S/c1-12-15(13(2)26-19-12)11-25-18(21)14-6-7-16(24-3)17(10-14)27(22,23)20-8-4-5-9-20/h6-7,10H,4-5,8-9,11H2,1-3H3. The highest BCUT2D eigenvalue weighted by Crippen LogP contribution is 2.30. The van der Waals surface area contributed by atoms with Gasteiger partial charge in [0.15, 0.2) is 0 Å². The van der Waals surface area contributed by atoms with Crippen molar-refractivity contribution in [2.45, 2.75) is 38.2 Å². The molecule has 0 saturated carbocycles. The molecule has 8 nitrogen and oxygen atoms in total. The molecule has 27 heavy (non-hydrogen) atoms. The lowest BCUT2D eigenvalue weighted by molar-refractivity contribution is 0.0470. The van der Waals surface area contributed by atoms with Crippen LogP contribution in [0.5, 0.6) is 5.75 Å². The topological polar surface area (TPSA) is 98.9 Å². The third-order valence-electron chi connectivity index (χ3n) is 4.61. The fraction of sp³-hybridized carbons (Fsp3) is 0.444. The molecule has 0 spiro atoms. The molecule has 0 N–H and O–H groups in total. The number of sulfonamides is 1. The van der Waals surface area contributed by atoms with Crippen LogP contribution in [-0.2, 0) is 21.4 Å². The third kappa shape index (κ3) is 3.84. The summed E-state index contributed by atoms with van der Waals surface area (Å²) in [5.41, 5.74) is 1.48. The van der Waals surface area contributed by atoms with Gasteiger partial charge in [-0.1, -0.05) is 5.16 Å². The van der Waals surface area contributed by atoms with Gasteiger partial charge in [0.1, 0.15) is 23.0 Å². The Morgan fingerprint density at radius 3 is 2.56 bits per heavy atom. The van der Waals surface area contributed by atoms with Crippen molar-refractivity contribution in [2.24, 2.45) is 0 Å². The quantitative estimate of drug-likeness (QED) is 0.694. The number of ether oxygens (including phenoxy) is 2. The average molecular weight is 394 g/mol. The number of esters is 1. The Balaban J connectivity index is 1.85. The summed E-state index contributed by atoms with van der Waals surface area (Å²) in [6.07, 6.45) is 1.64. The van der Waals surface area contributed by atoms with E-state index in [0.717, 1.165) is 12.8 Å². The lowest BCUT2D eigenvalue weighted by Gasteiger charge is -2.18. The first-order valence-corrected chi connectivity index (χ1v) is 10.1. The van der Waals surface area contributed by atoms with E-state index in [1.807, 2.05) is 0 Å². The summed E-state index contributed by atoms with van der Waals surface area (Å²) in [7, 11) is -2.34. The highest BCUT2D eigenvalue weighted by Gasteiger charge is 2.31. The molecule has 0 bridgehead atoms. The molecule has 0 amide bonds. The van der Waals surface area contributed by atoms with Crippen LogP contribution in [0.25, 0.3) is 0 Å². The molecule has 1 aromatic carbocycles. The number of carbonyl (C=O) groups excluding carboxylic acids is 1. The van der Waals surface area contributed by atoms with Crippen LogP contribution in [0.15, 0.2) is 27.6 Å². The monoisotopic (exact) mass is 394 g/mol. The van der Waals surface area contributed by atoms with Gasteiger partial charge in [-0.05, 0) is 44.9 Å². The van der Waals surface area contributed by atoms with E-state index in [1.54, 1.807) is 13.8 Å². The first-order chi connectivity index (χ1) is 12.8. The van der Waals surface area contributed by atoms with Gasteiger partial charge < -0.3 is 14.0 Å². The van der Waals surface area contributed by atoms with Crippen LogP contribution >= 0.6 is 0 Å². The molecule has 9 heteroatoms. The van der Waals surface area contributed by atoms with E-state index in [1.165, 1.54) is 29.6 Å². The van der Waals surface area contributed by atoms with Gasteiger partial charge >= 0.3 is 5.97 Å². The van der Waals surface area contributed by atoms with Gasteiger partial charge in [0.2, 0.25) is 10.0 Å². The summed E-state index contributed by atoms with van der Waals surface area (Å²) < 4.78 is 42.8. The third-order valence-corrected chi connectivity index (χ3v) is 6.53. The molecule has 146 valence electrons. The first kappa shape index (κ1) is 19.4. The van der Waals surface area contributed by atoms with Gasteiger partial charge in [0, 0.05) is 13.1 Å². The number of methoxy groups -OCH3 is 1. The van der Waals surface area contributed by atoms with Gasteiger partial charge in [-0.2, -0.15) is 4.31 Å². The smallest absolute Gasteiger partial charge is 0.338 e. The number of hydrogen-bond acceptors (Lipinski definition) is 7. The maximum Gasteiger partial charge on any atom is 0.338 e. The van der Waals surface area contributed by atoms with Crippen LogP contribution in [0.3, 0.4) is 0 Å². The van der Waals surface area contributed by atoms with Gasteiger partial charge in [0.25, 0.3) is 0 Å². The normalized spacial score (nSPS) is 15.1. The molecule has 3 rings (SSSR count). The minimum absolute atomic E-state index is 0.000236. The Morgan fingerprint density at radius 2 is 1.96 bits per heavy atom. The molecular weight excluding hydrogens is 372 g/mol. The Labute approximate surface area is 158 Å². The zero-order valence-corrected chi connectivity index (χ0v) is 16.3. The molecule has 0 atom stereocenters. The Kier molecular flexibility index (Phi) is 5.52. The fourth-order valence-corrected chi connectivity index (χ4v) is 4.70. The maximum atomic E-state index is 12.9. The minimum atomic E-state index is -3.73. The largest absolute Gasteiger partial charge is 0.495 e. The molecule has 1 aromatic heterocycles. The Hall–Kier alpha value is -2.39. The van der Waals surface area contributed by atoms with Crippen LogP contribution in [0.2, 0.25) is 0 Å². The Morgan fingerprint density at radius 1 is 1.26 bits per heavy atom. The second kappa shape index (κ2) is 7.69. The van der Waals surface area contributed by atoms with Crippen LogP contribution in [0.1, 0.15) is 40.2 Å². The van der Waals surface area contributed by atoms with E-state index < -0.39 is 16.0 Å². The van der Waals surface area contributed by atoms with E-state index in [9.17, 15) is 13.2 Å². The summed E-state index contributed by atoms with van der Waals surface area (Å²) >= 11 is 0. The summed E-state index contributed by atoms with van der Waals surface area (Å²) in [5.74, 6) is 0.145. The van der Waals surface area contributed by atoms with Crippen molar-refractivity contribution in [1.29, 1.82) is 0 Å². The number of benzene rings is 1. The highest BCUT2D eigenvalue weighted by atomic mass is 32.2. The van der Waals surface area contributed by atoms with Crippen molar-refractivity contribution in [3.63, 3.8) is 0 Å². The second-order valence-corrected chi connectivity index (χ2v) is 8.26. The molecule has 2 heterocycles. The SMILES string of the molecule is COc1ccc(C(=O)OCc2c(C)noc2C)cc1S(=O)(=O)N1CCCC1. The summed E-state index contributed by atoms with van der Waals surface area (Å²) in [6, 6.07) is 4.26. The molecule has 2 aromatic rings. The van der Waals surface area contributed by atoms with Gasteiger partial charge in [-0.15, -0.1) is 0 Å². The van der Waals surface area contributed by atoms with Crippen molar-refractivity contribution in [3.8, 4) is 5.75 Å². The van der Waals surface area contributed by atoms with E-state index in [0.29, 0.717) is 30.1 Å². The van der Waals surface area contributed by atoms with E-state index in [-0.39, 0.29) is 22.8 Å². The summed E-state index contributed by atoms with van der Waals surface area (Å²) in [6.45, 7) is 4.42. The second-order valence-electron chi connectivity index (χ2n) is 6.36. The van der Waals surface area contributed by atoms with Crippen LogP contribution in [-0.4, -0.2) is 44.0 Å². The molecule has 1 fully saturated rings. The zero-order valence-electron chi connectivity index (χ0n) is 15.5. The number of aromatic nitrogens is 1. The number of carbonyl (C=O) groups is 1. The van der Waals surface area contributed by atoms with Crippen molar-refractivity contribution < 1.29 is 27.2 Å². The zero-order chi connectivity index (χ0) is 19.6. The van der Waals surface area contributed by atoms with Crippen molar-refractivity contribution in [2.75, 3.05) is 20.2 Å². The van der Waals surface area contributed by atoms with Gasteiger partial charge in [-0.25, -0.2) is 13.2 Å². The number of nitrogens with zero attached hydrogens (tertiary/aromatic N) is 2. The van der Waals surface area contributed by atoms with Crippen molar-refractivity contribution in [3.05, 3.63) is 40.8 Å². The van der Waals surface area contributed by atoms with Crippen LogP contribution in [0, 0.1) is 13.8 Å². The molecule has 0 radical (unpaired) electrons. The molecular formula is C18H22N2O6S. The molecule has 1 saturated heterocycles. The predicted octanol–water partition coefficient (Wildman–Crippen LogP) is 2.44. The first-order valence-electron chi connectivity index (χ1n) is 8.61. The molecule has 0 unspecified atom stereocenters. The average Bonchev–Trinajstić information content (AvgIpc) is 3.30. The van der Waals surface area contributed by atoms with Crippen molar-refractivity contribution in [1.82, 2.24) is 9.46 Å². The van der Waals surface area contributed by atoms with Crippen LogP contribution in [0.4, 0.5) is 0 Å². The van der Waals surface area contributed by atoms with Gasteiger partial charge in [0.05, 0.1) is 23.9 Å². The van der Waals surface area contributed by atoms with Crippen LogP contribution < -0.4 is 4.74 Å². The fourth-order valence-electron chi connectivity index (χ4n) is 3.00. The number of hydrogen-bond donors (Lipinski definition) is 0. The lowest BCUT2D eigenvalue weighted by atomic mass is 10.2. The minimum Gasteiger partial charge on any atom is -0.495 e. The van der Waals surface area contributed by atoms with Crippen molar-refractivity contribution >= 4 is 16.0 Å². The molecule has 1 aliphatic rings. The molecule has 1 aliphatic heterocycles. The van der Waals surface area contributed by atoms with E-state index >= 15 is 0 Å². The highest BCUT2D eigenvalue weighted by molar-refractivity contribution is 7.89. The predicted molar refractivity (Wildman–Crippen MR) is 96.1 cm³/mol. The lowest BCUT2D eigenvalue weighted by Crippen LogP contribution is -2.28. The maximum absolute atomic E-state index is 12.9. The number of aryl methyl sites for hydroxylation is 2. The van der Waals surface area contributed by atoms with Gasteiger partial charge in [-0.3, -0.25) is 0 Å². The molecule has 0 aliphatic carbocycles. The Bertz CT molecular complexity index is 925. The van der Waals surface area contributed by atoms with E-state index in [4.69, 9.17) is 14.0 Å². The number of rotatable bonds is 6. The summed E-state index contributed by atoms with van der Waals surface area (Å²) in [4.78, 5) is 12.4.